The second kappa shape index (κ2) is 19.0. The van der Waals surface area contributed by atoms with Gasteiger partial charge in [0.25, 0.3) is 15.0 Å². The van der Waals surface area contributed by atoms with E-state index in [9.17, 15) is 31.2 Å². The summed E-state index contributed by atoms with van der Waals surface area (Å²) in [5.41, 5.74) is 1.87. The predicted molar refractivity (Wildman–Crippen MR) is 194 cm³/mol. The van der Waals surface area contributed by atoms with Crippen LogP contribution in [0.15, 0.2) is 119 Å². The largest absolute Gasteiger partial charge is 0.478 e. The van der Waals surface area contributed by atoms with Crippen LogP contribution in [-0.4, -0.2) is 60.1 Å². The Balaban J connectivity index is 0.000000521. The molecule has 1 heterocycles. The molecule has 5 rings (SSSR count). The maximum atomic E-state index is 12.9. The molecule has 0 radical (unpaired) electrons. The number of alkyl carbamates (subject to hydrolysis) is 1. The molecule has 16 heteroatoms. The van der Waals surface area contributed by atoms with Crippen LogP contribution in [-0.2, 0) is 51.2 Å². The average molecular weight is 772 g/mol. The van der Waals surface area contributed by atoms with E-state index in [0.717, 1.165) is 5.56 Å². The minimum atomic E-state index is -3.99. The number of sulfonamides is 1. The van der Waals surface area contributed by atoms with E-state index >= 15 is 0 Å². The number of ether oxygens (including phenoxy) is 3. The van der Waals surface area contributed by atoms with E-state index in [0.29, 0.717) is 36.4 Å². The number of amides is 2. The van der Waals surface area contributed by atoms with Crippen molar-refractivity contribution >= 4 is 53.4 Å². The van der Waals surface area contributed by atoms with E-state index in [2.05, 4.69) is 15.4 Å². The van der Waals surface area contributed by atoms with Crippen molar-refractivity contribution in [2.75, 3.05) is 18.5 Å². The molecule has 276 valence electrons. The number of carbonyl (C=O) groups is 3. The predicted octanol–water partition coefficient (Wildman–Crippen LogP) is 5.16. The number of hydrogen-bond acceptors (Lipinski definition) is 10. The molecule has 1 aliphatic rings. The molecule has 0 aliphatic carbocycles. The van der Waals surface area contributed by atoms with E-state index < -0.39 is 43.3 Å². The van der Waals surface area contributed by atoms with Crippen LogP contribution in [0.3, 0.4) is 0 Å². The highest BCUT2D eigenvalue weighted by atomic mass is 35.7. The molecule has 0 fully saturated rings. The SMILES string of the molecule is CCOC(=O)[C@H](Cc1ccc2c(c1)NC(=O)[C@@H](CCCNC(=O)OCc1ccccc1)O2)NS(=O)(=O)c1ccccc1.O=S(=O)(Cl)c1ccccc1. The molecule has 4 aromatic rings. The fourth-order valence-electron chi connectivity index (χ4n) is 4.86. The highest BCUT2D eigenvalue weighted by Crippen LogP contribution is 2.32. The van der Waals surface area contributed by atoms with Crippen LogP contribution in [0, 0.1) is 0 Å². The van der Waals surface area contributed by atoms with Gasteiger partial charge in [-0.2, -0.15) is 4.72 Å². The lowest BCUT2D eigenvalue weighted by atomic mass is 10.0. The van der Waals surface area contributed by atoms with Crippen LogP contribution < -0.4 is 20.1 Å². The first-order chi connectivity index (χ1) is 24.9. The second-order valence-corrected chi connectivity index (χ2v) is 15.5. The fraction of sp³-hybridized carbons (Fsp3) is 0.250. The van der Waals surface area contributed by atoms with Gasteiger partial charge in [0.15, 0.2) is 6.10 Å². The number of halogens is 1. The summed E-state index contributed by atoms with van der Waals surface area (Å²) in [5.74, 6) is -0.623. The topological polar surface area (TPSA) is 183 Å². The standard InChI is InChI=1S/C30H33N3O8S.C6H5ClO2S/c1-2-39-29(35)25(33-42(37,38)23-12-7-4-8-13-23)19-22-15-16-26-24(18-22)32-28(34)27(41-26)14-9-17-31-30(36)40-20-21-10-5-3-6-11-21;7-10(8,9)6-4-2-1-3-5-6/h3-8,10-13,15-16,18,25,27,33H,2,9,14,17,19-20H2,1H3,(H,31,36)(H,32,34);1-5H/t25-,27+;/m0./s1. The third kappa shape index (κ3) is 12.4. The van der Waals surface area contributed by atoms with Crippen molar-refractivity contribution in [1.82, 2.24) is 10.0 Å². The van der Waals surface area contributed by atoms with Crippen LogP contribution >= 0.6 is 10.7 Å². The Morgan fingerprint density at radius 1 is 0.846 bits per heavy atom. The van der Waals surface area contributed by atoms with Gasteiger partial charge in [0.05, 0.1) is 22.1 Å². The lowest BCUT2D eigenvalue weighted by Crippen LogP contribution is -2.43. The minimum absolute atomic E-state index is 0.0104. The second-order valence-electron chi connectivity index (χ2n) is 11.3. The summed E-state index contributed by atoms with van der Waals surface area (Å²) in [5, 5.41) is 5.47. The molecule has 4 aromatic carbocycles. The van der Waals surface area contributed by atoms with Crippen LogP contribution in [0.25, 0.3) is 0 Å². The van der Waals surface area contributed by atoms with E-state index in [1.54, 1.807) is 61.5 Å². The first-order valence-corrected chi connectivity index (χ1v) is 19.9. The Bertz CT molecular complexity index is 2020. The quantitative estimate of drug-likeness (QED) is 0.0880. The molecule has 2 atom stereocenters. The summed E-state index contributed by atoms with van der Waals surface area (Å²) in [7, 11) is -2.49. The Hall–Kier alpha value is -4.96. The molecular weight excluding hydrogens is 734 g/mol. The highest BCUT2D eigenvalue weighted by molar-refractivity contribution is 8.13. The Morgan fingerprint density at radius 3 is 2.06 bits per heavy atom. The molecule has 0 unspecified atom stereocenters. The van der Waals surface area contributed by atoms with Gasteiger partial charge in [0, 0.05) is 17.2 Å². The van der Waals surface area contributed by atoms with Crippen molar-refractivity contribution in [3.63, 3.8) is 0 Å². The zero-order valence-electron chi connectivity index (χ0n) is 28.1. The van der Waals surface area contributed by atoms with Crippen LogP contribution in [0.5, 0.6) is 5.75 Å². The normalized spacial score (nSPS) is 14.3. The van der Waals surface area contributed by atoms with Gasteiger partial charge in [-0.3, -0.25) is 9.59 Å². The van der Waals surface area contributed by atoms with Crippen molar-refractivity contribution in [2.24, 2.45) is 0 Å². The number of carbonyl (C=O) groups excluding carboxylic acids is 3. The number of nitrogens with one attached hydrogen (secondary N) is 3. The summed E-state index contributed by atoms with van der Waals surface area (Å²) < 4.78 is 65.5. The highest BCUT2D eigenvalue weighted by Gasteiger charge is 2.30. The van der Waals surface area contributed by atoms with Gasteiger partial charge in [-0.05, 0) is 73.7 Å². The maximum Gasteiger partial charge on any atom is 0.407 e. The number of rotatable bonds is 14. The van der Waals surface area contributed by atoms with Crippen molar-refractivity contribution < 1.29 is 45.4 Å². The molecule has 2 amide bonds. The van der Waals surface area contributed by atoms with Crippen molar-refractivity contribution in [3.8, 4) is 5.75 Å². The molecule has 3 N–H and O–H groups in total. The number of esters is 1. The molecule has 52 heavy (non-hydrogen) atoms. The van der Waals surface area contributed by atoms with E-state index in [-0.39, 0.29) is 35.3 Å². The first-order valence-electron chi connectivity index (χ1n) is 16.1. The number of anilines is 1. The van der Waals surface area contributed by atoms with E-state index in [1.807, 2.05) is 30.3 Å². The molecule has 0 spiro atoms. The van der Waals surface area contributed by atoms with Gasteiger partial charge < -0.3 is 24.8 Å². The number of hydrogen-bond donors (Lipinski definition) is 3. The van der Waals surface area contributed by atoms with Gasteiger partial charge in [-0.1, -0.05) is 72.8 Å². The summed E-state index contributed by atoms with van der Waals surface area (Å²) in [6.07, 6.45) is -0.468. The Kier molecular flexibility index (Phi) is 14.6. The monoisotopic (exact) mass is 771 g/mol. The van der Waals surface area contributed by atoms with Crippen molar-refractivity contribution in [1.29, 1.82) is 0 Å². The maximum absolute atomic E-state index is 12.9. The van der Waals surface area contributed by atoms with Gasteiger partial charge in [0.2, 0.25) is 10.0 Å². The summed E-state index contributed by atoms with van der Waals surface area (Å²) in [4.78, 5) is 37.4. The number of benzene rings is 4. The Morgan fingerprint density at radius 2 is 1.46 bits per heavy atom. The zero-order valence-corrected chi connectivity index (χ0v) is 30.5. The van der Waals surface area contributed by atoms with Gasteiger partial charge in [-0.25, -0.2) is 21.6 Å². The van der Waals surface area contributed by atoms with E-state index in [1.165, 1.54) is 24.3 Å². The number of fused-ring (bicyclic) bond motifs is 1. The summed E-state index contributed by atoms with van der Waals surface area (Å²) >= 11 is 0. The molecular formula is C36H38ClN3O10S2. The zero-order chi connectivity index (χ0) is 37.6. The molecule has 0 aromatic heterocycles. The molecule has 1 aliphatic heterocycles. The van der Waals surface area contributed by atoms with Crippen molar-refractivity contribution in [2.45, 2.75) is 54.7 Å². The molecule has 0 saturated carbocycles. The minimum Gasteiger partial charge on any atom is -0.478 e. The van der Waals surface area contributed by atoms with Crippen molar-refractivity contribution in [3.05, 3.63) is 120 Å². The Labute approximate surface area is 307 Å². The lowest BCUT2D eigenvalue weighted by Gasteiger charge is -2.26. The summed E-state index contributed by atoms with van der Waals surface area (Å²) in [6, 6.07) is 28.7. The van der Waals surface area contributed by atoms with Gasteiger partial charge >= 0.3 is 12.1 Å². The first kappa shape index (κ1) is 39.8. The van der Waals surface area contributed by atoms with E-state index in [4.69, 9.17) is 24.9 Å². The van der Waals surface area contributed by atoms with Crippen LogP contribution in [0.2, 0.25) is 0 Å². The summed E-state index contributed by atoms with van der Waals surface area (Å²) in [6.45, 7) is 2.19. The third-order valence-electron chi connectivity index (χ3n) is 7.38. The third-order valence-corrected chi connectivity index (χ3v) is 10.2. The molecule has 0 saturated heterocycles. The molecule has 0 bridgehead atoms. The van der Waals surface area contributed by atoms with Gasteiger partial charge in [-0.15, -0.1) is 0 Å². The van der Waals surface area contributed by atoms with Gasteiger partial charge in [0.1, 0.15) is 18.4 Å². The molecule has 13 nitrogen and oxygen atoms in total. The van der Waals surface area contributed by atoms with Crippen LogP contribution in [0.1, 0.15) is 30.9 Å². The fourth-order valence-corrected chi connectivity index (χ4v) is 6.85. The average Bonchev–Trinajstić information content (AvgIpc) is 3.13. The smallest absolute Gasteiger partial charge is 0.407 e. The van der Waals surface area contributed by atoms with Crippen LogP contribution in [0.4, 0.5) is 10.5 Å². The lowest BCUT2D eigenvalue weighted by molar-refractivity contribution is -0.145.